The molecule has 2 nitrogen and oxygen atoms in total. The predicted octanol–water partition coefficient (Wildman–Crippen LogP) is 2.94. The van der Waals surface area contributed by atoms with E-state index in [0.29, 0.717) is 0 Å². The zero-order valence-electron chi connectivity index (χ0n) is 8.97. The maximum Gasteiger partial charge on any atom is 0.394 e. The molecule has 0 saturated heterocycles. The van der Waals surface area contributed by atoms with Crippen LogP contribution in [0.4, 0.5) is 13.2 Å². The van der Waals surface area contributed by atoms with E-state index in [-0.39, 0.29) is 6.61 Å². The third-order valence-electron chi connectivity index (χ3n) is 1.86. The number of carbonyl (C=O) groups is 1. The molecule has 0 radical (unpaired) electrons. The van der Waals surface area contributed by atoms with Crippen LogP contribution in [0.2, 0.25) is 0 Å². The van der Waals surface area contributed by atoms with E-state index in [9.17, 15) is 18.0 Å². The normalized spacial score (nSPS) is 16.4. The number of allylic oxidation sites excluding steroid dienone is 1. The lowest BCUT2D eigenvalue weighted by Gasteiger charge is -2.11. The fraction of sp³-hybridized carbons (Fsp3) is 0.700. The van der Waals surface area contributed by atoms with Crippen LogP contribution in [0.3, 0.4) is 0 Å². The summed E-state index contributed by atoms with van der Waals surface area (Å²) in [6.07, 6.45) is -2.07. The molecule has 0 unspecified atom stereocenters. The number of esters is 1. The summed E-state index contributed by atoms with van der Waals surface area (Å²) in [7, 11) is 0. The fourth-order valence-corrected chi connectivity index (χ4v) is 0.795. The predicted molar refractivity (Wildman–Crippen MR) is 50.2 cm³/mol. The van der Waals surface area contributed by atoms with Gasteiger partial charge in [-0.05, 0) is 13.8 Å². The second kappa shape index (κ2) is 5.78. The first-order valence-electron chi connectivity index (χ1n) is 4.70. The van der Waals surface area contributed by atoms with Gasteiger partial charge in [-0.1, -0.05) is 19.1 Å². The average molecular weight is 224 g/mol. The lowest BCUT2D eigenvalue weighted by molar-refractivity contribution is -0.156. The van der Waals surface area contributed by atoms with Gasteiger partial charge in [-0.2, -0.15) is 13.2 Å². The van der Waals surface area contributed by atoms with Crippen molar-refractivity contribution in [2.45, 2.75) is 26.9 Å². The first-order valence-corrected chi connectivity index (χ1v) is 4.70. The molecule has 0 bridgehead atoms. The number of ether oxygens (including phenoxy) is 1. The van der Waals surface area contributed by atoms with E-state index in [1.54, 1.807) is 6.92 Å². The highest BCUT2D eigenvalue weighted by atomic mass is 19.4. The molecule has 0 spiro atoms. The number of alkyl halides is 3. The number of hydrogen-bond donors (Lipinski definition) is 0. The smallest absolute Gasteiger partial charge is 0.394 e. The molecule has 0 aromatic carbocycles. The molecule has 0 heterocycles. The van der Waals surface area contributed by atoms with Gasteiger partial charge in [0.05, 0.1) is 18.4 Å². The molecule has 0 aliphatic heterocycles. The van der Waals surface area contributed by atoms with Crippen molar-refractivity contribution in [2.75, 3.05) is 6.61 Å². The summed E-state index contributed by atoms with van der Waals surface area (Å²) in [5.41, 5.74) is 0. The van der Waals surface area contributed by atoms with Gasteiger partial charge in [0.1, 0.15) is 0 Å². The zero-order valence-corrected chi connectivity index (χ0v) is 8.97. The Kier molecular flexibility index (Phi) is 5.39. The molecule has 15 heavy (non-hydrogen) atoms. The van der Waals surface area contributed by atoms with Crippen LogP contribution in [0.25, 0.3) is 0 Å². The monoisotopic (exact) mass is 224 g/mol. The van der Waals surface area contributed by atoms with Gasteiger partial charge in [0.2, 0.25) is 0 Å². The van der Waals surface area contributed by atoms with Gasteiger partial charge in [-0.3, -0.25) is 4.79 Å². The van der Waals surface area contributed by atoms with Crippen LogP contribution in [-0.2, 0) is 9.53 Å². The largest absolute Gasteiger partial charge is 0.466 e. The van der Waals surface area contributed by atoms with Crippen molar-refractivity contribution < 1.29 is 22.7 Å². The topological polar surface area (TPSA) is 26.3 Å². The summed E-state index contributed by atoms with van der Waals surface area (Å²) in [4.78, 5) is 11.1. The van der Waals surface area contributed by atoms with Crippen LogP contribution in [0.1, 0.15) is 20.8 Å². The van der Waals surface area contributed by atoms with E-state index < -0.39 is 24.0 Å². The minimum Gasteiger partial charge on any atom is -0.466 e. The molecule has 0 N–H and O–H groups in total. The molecule has 0 aromatic rings. The van der Waals surface area contributed by atoms with E-state index in [1.165, 1.54) is 13.0 Å². The zero-order chi connectivity index (χ0) is 12.1. The van der Waals surface area contributed by atoms with Crippen LogP contribution in [-0.4, -0.2) is 18.8 Å². The highest BCUT2D eigenvalue weighted by Gasteiger charge is 2.33. The van der Waals surface area contributed by atoms with E-state index in [1.807, 2.05) is 0 Å². The first kappa shape index (κ1) is 14.0. The Balaban J connectivity index is 4.22. The van der Waals surface area contributed by atoms with Crippen molar-refractivity contribution in [1.82, 2.24) is 0 Å². The Hall–Kier alpha value is -1.00. The van der Waals surface area contributed by atoms with Gasteiger partial charge in [0.25, 0.3) is 0 Å². The molecule has 0 aliphatic rings. The number of hydrogen-bond acceptors (Lipinski definition) is 2. The lowest BCUT2D eigenvalue weighted by Crippen LogP contribution is -2.18. The van der Waals surface area contributed by atoms with Gasteiger partial charge in [-0.25, -0.2) is 0 Å². The third kappa shape index (κ3) is 5.44. The Bertz CT molecular complexity index is 233. The first-order chi connectivity index (χ1) is 6.79. The Labute approximate surface area is 87.1 Å². The SMILES string of the molecule is CCOC(=O)[C@@H](C)/C=C\[C@@H](C)C(F)(F)F. The molecular formula is C10H15F3O2. The summed E-state index contributed by atoms with van der Waals surface area (Å²) < 4.78 is 40.9. The summed E-state index contributed by atoms with van der Waals surface area (Å²) in [6.45, 7) is 4.41. The van der Waals surface area contributed by atoms with Crippen LogP contribution < -0.4 is 0 Å². The molecule has 0 amide bonds. The molecule has 2 atom stereocenters. The molecular weight excluding hydrogens is 209 g/mol. The molecule has 0 aliphatic carbocycles. The van der Waals surface area contributed by atoms with E-state index >= 15 is 0 Å². The highest BCUT2D eigenvalue weighted by Crippen LogP contribution is 2.26. The van der Waals surface area contributed by atoms with Gasteiger partial charge in [-0.15, -0.1) is 0 Å². The van der Waals surface area contributed by atoms with Gasteiger partial charge in [0.15, 0.2) is 0 Å². The summed E-state index contributed by atoms with van der Waals surface area (Å²) in [6, 6.07) is 0. The number of rotatable bonds is 4. The fourth-order valence-electron chi connectivity index (χ4n) is 0.795. The molecule has 0 aromatic heterocycles. The number of carbonyl (C=O) groups excluding carboxylic acids is 1. The van der Waals surface area contributed by atoms with Crippen molar-refractivity contribution in [1.29, 1.82) is 0 Å². The van der Waals surface area contributed by atoms with Crippen molar-refractivity contribution >= 4 is 5.97 Å². The quantitative estimate of drug-likeness (QED) is 0.542. The average Bonchev–Trinajstić information content (AvgIpc) is 2.12. The second-order valence-corrected chi connectivity index (χ2v) is 3.26. The summed E-state index contributed by atoms with van der Waals surface area (Å²) in [5, 5.41) is 0. The minimum absolute atomic E-state index is 0.228. The summed E-state index contributed by atoms with van der Waals surface area (Å²) in [5.74, 6) is -2.70. The van der Waals surface area contributed by atoms with Crippen LogP contribution in [0, 0.1) is 11.8 Å². The third-order valence-corrected chi connectivity index (χ3v) is 1.86. The van der Waals surface area contributed by atoms with Gasteiger partial charge in [0, 0.05) is 0 Å². The minimum atomic E-state index is -4.26. The van der Waals surface area contributed by atoms with Crippen molar-refractivity contribution in [3.63, 3.8) is 0 Å². The maximum absolute atomic E-state index is 12.1. The van der Waals surface area contributed by atoms with Gasteiger partial charge >= 0.3 is 12.1 Å². The molecule has 5 heteroatoms. The van der Waals surface area contributed by atoms with Crippen molar-refractivity contribution in [2.24, 2.45) is 11.8 Å². The Morgan fingerprint density at radius 2 is 1.87 bits per heavy atom. The standard InChI is InChI=1S/C10H15F3O2/c1-4-15-9(14)7(2)5-6-8(3)10(11,12)13/h5-8H,4H2,1-3H3/b6-5-/t7-,8+/m0/s1. The van der Waals surface area contributed by atoms with Crippen molar-refractivity contribution in [3.8, 4) is 0 Å². The lowest BCUT2D eigenvalue weighted by atomic mass is 10.1. The summed E-state index contributed by atoms with van der Waals surface area (Å²) >= 11 is 0. The molecule has 0 rings (SSSR count). The van der Waals surface area contributed by atoms with E-state index in [4.69, 9.17) is 0 Å². The van der Waals surface area contributed by atoms with Crippen molar-refractivity contribution in [3.05, 3.63) is 12.2 Å². The van der Waals surface area contributed by atoms with Gasteiger partial charge < -0.3 is 4.74 Å². The highest BCUT2D eigenvalue weighted by molar-refractivity contribution is 5.73. The van der Waals surface area contributed by atoms with Crippen LogP contribution >= 0.6 is 0 Å². The molecule has 0 fully saturated rings. The number of halogens is 3. The maximum atomic E-state index is 12.1. The molecule has 88 valence electrons. The van der Waals surface area contributed by atoms with E-state index in [0.717, 1.165) is 13.0 Å². The second-order valence-electron chi connectivity index (χ2n) is 3.26. The molecule has 0 saturated carbocycles. The van der Waals surface area contributed by atoms with Crippen LogP contribution in [0.15, 0.2) is 12.2 Å². The van der Waals surface area contributed by atoms with Crippen LogP contribution in [0.5, 0.6) is 0 Å². The Morgan fingerprint density at radius 3 is 2.27 bits per heavy atom. The van der Waals surface area contributed by atoms with E-state index in [2.05, 4.69) is 4.74 Å². The Morgan fingerprint density at radius 1 is 1.33 bits per heavy atom.